The fourth-order valence-corrected chi connectivity index (χ4v) is 3.04. The van der Waals surface area contributed by atoms with Crippen LogP contribution in [0.15, 0.2) is 61.1 Å². The fraction of sp³-hybridized carbons (Fsp3) is 0.190. The van der Waals surface area contributed by atoms with Gasteiger partial charge in [0.15, 0.2) is 5.82 Å². The van der Waals surface area contributed by atoms with E-state index in [0.29, 0.717) is 18.2 Å². The number of nitrogens with zero attached hydrogens (tertiary/aromatic N) is 3. The Kier molecular flexibility index (Phi) is 4.13. The number of hydrogen-bond donors (Lipinski definition) is 1. The van der Waals surface area contributed by atoms with Gasteiger partial charge in [-0.3, -0.25) is 9.78 Å². The van der Waals surface area contributed by atoms with Gasteiger partial charge in [0.1, 0.15) is 5.65 Å². The Balaban J connectivity index is 1.65. The van der Waals surface area contributed by atoms with Gasteiger partial charge in [0.25, 0.3) is 0 Å². The second-order valence-electron chi connectivity index (χ2n) is 6.87. The minimum atomic E-state index is -0.00865. The van der Waals surface area contributed by atoms with E-state index in [-0.39, 0.29) is 5.91 Å². The SMILES string of the molecule is CC(C)CC(=O)Nc1cn2cc(-c3ccc4ncccc4c3)ccc2n1. The average molecular weight is 344 g/mol. The summed E-state index contributed by atoms with van der Waals surface area (Å²) in [6.07, 6.45) is 6.16. The van der Waals surface area contributed by atoms with Crippen LogP contribution in [0.2, 0.25) is 0 Å². The summed E-state index contributed by atoms with van der Waals surface area (Å²) in [5.41, 5.74) is 3.98. The summed E-state index contributed by atoms with van der Waals surface area (Å²) >= 11 is 0. The van der Waals surface area contributed by atoms with Gasteiger partial charge in [-0.1, -0.05) is 26.0 Å². The molecule has 0 aliphatic rings. The van der Waals surface area contributed by atoms with E-state index in [4.69, 9.17) is 0 Å². The molecule has 4 aromatic rings. The molecule has 0 saturated heterocycles. The van der Waals surface area contributed by atoms with Gasteiger partial charge in [-0.05, 0) is 47.4 Å². The maximum absolute atomic E-state index is 11.9. The molecule has 0 fully saturated rings. The number of aromatic nitrogens is 3. The number of pyridine rings is 2. The minimum Gasteiger partial charge on any atom is -0.309 e. The molecule has 1 aromatic carbocycles. The third-order valence-electron chi connectivity index (χ3n) is 4.25. The van der Waals surface area contributed by atoms with Crippen molar-refractivity contribution in [2.45, 2.75) is 20.3 Å². The van der Waals surface area contributed by atoms with Crippen LogP contribution >= 0.6 is 0 Å². The molecular weight excluding hydrogens is 324 g/mol. The number of anilines is 1. The van der Waals surface area contributed by atoms with Crippen LogP contribution in [0, 0.1) is 5.92 Å². The topological polar surface area (TPSA) is 59.3 Å². The molecule has 0 aliphatic heterocycles. The van der Waals surface area contributed by atoms with Crippen LogP contribution < -0.4 is 5.32 Å². The highest BCUT2D eigenvalue weighted by Gasteiger charge is 2.09. The molecule has 130 valence electrons. The third-order valence-corrected chi connectivity index (χ3v) is 4.25. The minimum absolute atomic E-state index is 0.00865. The first-order chi connectivity index (χ1) is 12.6. The lowest BCUT2D eigenvalue weighted by Gasteiger charge is -2.04. The van der Waals surface area contributed by atoms with Gasteiger partial charge in [0.05, 0.1) is 11.7 Å². The maximum atomic E-state index is 11.9. The second-order valence-corrected chi connectivity index (χ2v) is 6.87. The molecule has 0 unspecified atom stereocenters. The zero-order chi connectivity index (χ0) is 18.1. The van der Waals surface area contributed by atoms with Crippen molar-refractivity contribution in [3.05, 3.63) is 61.1 Å². The van der Waals surface area contributed by atoms with E-state index >= 15 is 0 Å². The lowest BCUT2D eigenvalue weighted by Crippen LogP contribution is -2.13. The van der Waals surface area contributed by atoms with Crippen molar-refractivity contribution < 1.29 is 4.79 Å². The maximum Gasteiger partial charge on any atom is 0.225 e. The van der Waals surface area contributed by atoms with Crippen LogP contribution in [0.25, 0.3) is 27.7 Å². The summed E-state index contributed by atoms with van der Waals surface area (Å²) < 4.78 is 1.94. The van der Waals surface area contributed by atoms with Crippen molar-refractivity contribution in [1.82, 2.24) is 14.4 Å². The van der Waals surface area contributed by atoms with Crippen molar-refractivity contribution in [2.75, 3.05) is 5.32 Å². The van der Waals surface area contributed by atoms with Gasteiger partial charge in [-0.2, -0.15) is 0 Å². The normalized spacial score (nSPS) is 11.3. The first kappa shape index (κ1) is 16.3. The molecule has 0 saturated carbocycles. The van der Waals surface area contributed by atoms with Crippen LogP contribution in [-0.2, 0) is 4.79 Å². The Morgan fingerprint density at radius 2 is 1.96 bits per heavy atom. The first-order valence-electron chi connectivity index (χ1n) is 8.72. The Labute approximate surface area is 151 Å². The number of fused-ring (bicyclic) bond motifs is 2. The van der Waals surface area contributed by atoms with E-state index < -0.39 is 0 Å². The molecule has 5 nitrogen and oxygen atoms in total. The summed E-state index contributed by atoms with van der Waals surface area (Å²) in [6.45, 7) is 4.04. The Morgan fingerprint density at radius 1 is 1.12 bits per heavy atom. The van der Waals surface area contributed by atoms with Crippen molar-refractivity contribution in [1.29, 1.82) is 0 Å². The van der Waals surface area contributed by atoms with E-state index in [1.807, 2.05) is 54.9 Å². The van der Waals surface area contributed by atoms with Crippen LogP contribution in [0.1, 0.15) is 20.3 Å². The van der Waals surface area contributed by atoms with Crippen molar-refractivity contribution >= 4 is 28.3 Å². The van der Waals surface area contributed by atoms with Gasteiger partial charge in [0.2, 0.25) is 5.91 Å². The summed E-state index contributed by atoms with van der Waals surface area (Å²) in [7, 11) is 0. The van der Waals surface area contributed by atoms with Crippen molar-refractivity contribution in [2.24, 2.45) is 5.92 Å². The average Bonchev–Trinajstić information content (AvgIpc) is 3.01. The molecule has 0 bridgehead atoms. The standard InChI is InChI=1S/C21H20N4O/c1-14(2)10-21(26)24-19-13-25-12-17(6-8-20(25)23-19)15-5-7-18-16(11-15)4-3-9-22-18/h3-9,11-14H,10H2,1-2H3,(H,24,26). The van der Waals surface area contributed by atoms with E-state index in [1.54, 1.807) is 6.20 Å². The Hall–Kier alpha value is -3.21. The highest BCUT2D eigenvalue weighted by molar-refractivity contribution is 5.90. The van der Waals surface area contributed by atoms with Gasteiger partial charge in [0, 0.05) is 24.2 Å². The number of benzene rings is 1. The first-order valence-corrected chi connectivity index (χ1v) is 8.72. The summed E-state index contributed by atoms with van der Waals surface area (Å²) in [5, 5.41) is 3.98. The summed E-state index contributed by atoms with van der Waals surface area (Å²) in [6, 6.07) is 14.2. The molecule has 0 aliphatic carbocycles. The highest BCUT2D eigenvalue weighted by Crippen LogP contribution is 2.24. The number of nitrogens with one attached hydrogen (secondary N) is 1. The summed E-state index contributed by atoms with van der Waals surface area (Å²) in [4.78, 5) is 20.8. The largest absolute Gasteiger partial charge is 0.309 e. The Bertz CT molecular complexity index is 1100. The fourth-order valence-electron chi connectivity index (χ4n) is 3.04. The van der Waals surface area contributed by atoms with E-state index in [9.17, 15) is 4.79 Å². The lowest BCUT2D eigenvalue weighted by molar-refractivity contribution is -0.116. The van der Waals surface area contributed by atoms with Gasteiger partial charge in [-0.15, -0.1) is 0 Å². The smallest absolute Gasteiger partial charge is 0.225 e. The van der Waals surface area contributed by atoms with E-state index in [1.165, 1.54) is 0 Å². The molecular formula is C21H20N4O. The highest BCUT2D eigenvalue weighted by atomic mass is 16.1. The number of carbonyl (C=O) groups excluding carboxylic acids is 1. The molecule has 0 radical (unpaired) electrons. The molecule has 3 heterocycles. The van der Waals surface area contributed by atoms with E-state index in [0.717, 1.165) is 27.7 Å². The van der Waals surface area contributed by atoms with Gasteiger partial charge < -0.3 is 9.72 Å². The zero-order valence-electron chi connectivity index (χ0n) is 14.8. The molecule has 4 rings (SSSR count). The molecule has 0 spiro atoms. The van der Waals surface area contributed by atoms with Crippen LogP contribution in [0.5, 0.6) is 0 Å². The third kappa shape index (κ3) is 3.28. The molecule has 26 heavy (non-hydrogen) atoms. The monoisotopic (exact) mass is 344 g/mol. The lowest BCUT2D eigenvalue weighted by atomic mass is 10.1. The molecule has 1 amide bonds. The van der Waals surface area contributed by atoms with Crippen LogP contribution in [-0.4, -0.2) is 20.3 Å². The van der Waals surface area contributed by atoms with Crippen molar-refractivity contribution in [3.8, 4) is 11.1 Å². The predicted molar refractivity (Wildman–Crippen MR) is 104 cm³/mol. The molecule has 3 aromatic heterocycles. The van der Waals surface area contributed by atoms with Gasteiger partial charge >= 0.3 is 0 Å². The Morgan fingerprint density at radius 3 is 2.81 bits per heavy atom. The zero-order valence-corrected chi connectivity index (χ0v) is 14.8. The quantitative estimate of drug-likeness (QED) is 0.591. The number of imidazole rings is 1. The molecule has 1 N–H and O–H groups in total. The van der Waals surface area contributed by atoms with Crippen molar-refractivity contribution in [3.63, 3.8) is 0 Å². The van der Waals surface area contributed by atoms with Gasteiger partial charge in [-0.25, -0.2) is 4.98 Å². The summed E-state index contributed by atoms with van der Waals surface area (Å²) in [5.74, 6) is 0.891. The molecule has 0 atom stereocenters. The van der Waals surface area contributed by atoms with Crippen LogP contribution in [0.3, 0.4) is 0 Å². The predicted octanol–water partition coefficient (Wildman–Crippen LogP) is 4.53. The van der Waals surface area contributed by atoms with E-state index in [2.05, 4.69) is 33.5 Å². The molecule has 5 heteroatoms. The number of rotatable bonds is 4. The second kappa shape index (κ2) is 6.59. The number of amides is 1. The number of carbonyl (C=O) groups is 1. The number of hydrogen-bond acceptors (Lipinski definition) is 3. The van der Waals surface area contributed by atoms with Crippen LogP contribution in [0.4, 0.5) is 5.82 Å².